The maximum absolute atomic E-state index is 12.1. The van der Waals surface area contributed by atoms with Gasteiger partial charge in [-0.05, 0) is 50.1 Å². The fraction of sp³-hybridized carbons (Fsp3) is 0.945. The Morgan fingerprint density at radius 1 is 0.529 bits per heavy atom. The van der Waals surface area contributed by atoms with Gasteiger partial charge in [0, 0.05) is 26.1 Å². The Labute approximate surface area is 457 Å². The molecule has 15 heteroatoms. The van der Waals surface area contributed by atoms with Crippen LogP contribution < -0.4 is 45.9 Å². The van der Waals surface area contributed by atoms with Gasteiger partial charge in [-0.15, -0.1) is 0 Å². The number of hydrogen-bond donors (Lipinski definition) is 6. The number of rotatable bonds is 50. The molecule has 0 aromatic rings. The van der Waals surface area contributed by atoms with Crippen LogP contribution in [0.15, 0.2) is 0 Å². The smallest absolute Gasteiger partial charge is 0.662 e. The SMILES string of the molecule is CCCCCCCCCCCCCC(=O)Cl.CCCCCCCCCCCCCC(=O)N[C@H](CO)COCC[C@H](O)CCCCCCC.CCCCCCC[C@@H](O)CCOC[C@H](N)CO.O=CO[O-].[Na+]. The topological polar surface area (TPSA) is 221 Å². The fourth-order valence-electron chi connectivity index (χ4n) is 7.53. The first-order valence-electron chi connectivity index (χ1n) is 28.2. The Bertz CT molecular complexity index is 995. The Morgan fingerprint density at radius 3 is 1.16 bits per heavy atom. The van der Waals surface area contributed by atoms with Gasteiger partial charge in [0.05, 0.1) is 50.7 Å². The van der Waals surface area contributed by atoms with Gasteiger partial charge in [-0.3, -0.25) is 14.4 Å². The number of carbonyl (C=O) groups is 3. The van der Waals surface area contributed by atoms with Crippen molar-refractivity contribution in [3.63, 3.8) is 0 Å². The molecule has 13 nitrogen and oxygen atoms in total. The molecule has 0 aliphatic rings. The zero-order valence-electron chi connectivity index (χ0n) is 46.1. The number of aliphatic hydroxyl groups is 4. The van der Waals surface area contributed by atoms with E-state index < -0.39 is 0 Å². The van der Waals surface area contributed by atoms with Gasteiger partial charge in [0.2, 0.25) is 11.1 Å². The van der Waals surface area contributed by atoms with E-state index in [0.717, 1.165) is 51.4 Å². The van der Waals surface area contributed by atoms with Gasteiger partial charge in [0.1, 0.15) is 0 Å². The summed E-state index contributed by atoms with van der Waals surface area (Å²) in [6, 6.07) is -0.664. The van der Waals surface area contributed by atoms with Gasteiger partial charge in [-0.25, -0.2) is 0 Å². The molecule has 0 aliphatic carbocycles. The van der Waals surface area contributed by atoms with Crippen LogP contribution in [0.3, 0.4) is 0 Å². The average molecular weight is 1040 g/mol. The second kappa shape index (κ2) is 70.7. The van der Waals surface area contributed by atoms with Crippen molar-refractivity contribution in [3.8, 4) is 0 Å². The number of unbranched alkanes of at least 4 members (excludes halogenated alkanes) is 28. The Kier molecular flexibility index (Phi) is 79.2. The van der Waals surface area contributed by atoms with Crippen molar-refractivity contribution in [2.75, 3.05) is 39.6 Å². The van der Waals surface area contributed by atoms with Crippen LogP contribution in [0.1, 0.15) is 272 Å². The first-order valence-corrected chi connectivity index (χ1v) is 28.6. The molecule has 0 aromatic carbocycles. The molecule has 7 N–H and O–H groups in total. The first kappa shape index (κ1) is 78.5. The normalized spacial score (nSPS) is 12.4. The van der Waals surface area contributed by atoms with Crippen LogP contribution in [0.5, 0.6) is 0 Å². The Balaban J connectivity index is -0.000000312. The van der Waals surface area contributed by atoms with Gasteiger partial charge in [0.25, 0.3) is 6.47 Å². The van der Waals surface area contributed by atoms with Gasteiger partial charge in [-0.2, -0.15) is 0 Å². The van der Waals surface area contributed by atoms with Crippen molar-refractivity contribution < 1.29 is 84.0 Å². The molecule has 1 amide bonds. The summed E-state index contributed by atoms with van der Waals surface area (Å²) in [5.74, 6) is -0.00399. The number of amides is 1. The second-order valence-electron chi connectivity index (χ2n) is 18.9. The van der Waals surface area contributed by atoms with E-state index in [1.165, 1.54) is 167 Å². The molecule has 0 fully saturated rings. The van der Waals surface area contributed by atoms with Crippen LogP contribution in [0.25, 0.3) is 0 Å². The standard InChI is InChI=1S/C27H55NO4.C14H27ClO.C13H29NO3.CH2O3.Na/c1-3-5-7-9-10-11-12-13-14-16-18-20-27(31)28-25(23-29)24-32-22-21-26(30)19-17-15-8-6-4-2;1-2-3-4-5-6-7-8-9-10-11-12-13-14(15)16;1-2-3-4-5-6-7-13(16)8-9-17-11-12(14)10-15;2-1-4-3;/h25-26,29-30H,3-24H2,1-2H3,(H,28,31);2-13H2,1H3;12-13,15-16H,2-11,14H2,1H3;1,3H;/q;;;;+1/p-1/t25-,26-;;12-,13-;;/m1.1../s1. The molecule has 0 aromatic heterocycles. The summed E-state index contributed by atoms with van der Waals surface area (Å²) in [5.41, 5.74) is 5.48. The van der Waals surface area contributed by atoms with Crippen molar-refractivity contribution in [3.05, 3.63) is 0 Å². The number of nitrogens with one attached hydrogen (secondary N) is 1. The number of ether oxygens (including phenoxy) is 2. The van der Waals surface area contributed by atoms with E-state index in [0.29, 0.717) is 52.1 Å². The molecule has 0 rings (SSSR count). The third-order valence-electron chi connectivity index (χ3n) is 12.0. The van der Waals surface area contributed by atoms with E-state index in [1.807, 2.05) is 0 Å². The van der Waals surface area contributed by atoms with Crippen LogP contribution in [-0.2, 0) is 28.7 Å². The summed E-state index contributed by atoms with van der Waals surface area (Å²) in [7, 11) is 0. The summed E-state index contributed by atoms with van der Waals surface area (Å²) in [5, 5.41) is 49.0. The zero-order valence-corrected chi connectivity index (χ0v) is 48.9. The van der Waals surface area contributed by atoms with Crippen LogP contribution in [-0.4, -0.2) is 102 Å². The maximum atomic E-state index is 12.1. The Morgan fingerprint density at radius 2 is 0.843 bits per heavy atom. The van der Waals surface area contributed by atoms with Crippen molar-refractivity contribution >= 4 is 29.2 Å². The minimum atomic E-state index is -0.360. The number of carbonyl (C=O) groups excluding carboxylic acids is 3. The van der Waals surface area contributed by atoms with Crippen LogP contribution in [0.4, 0.5) is 0 Å². The second-order valence-corrected chi connectivity index (χ2v) is 19.4. The third-order valence-corrected chi connectivity index (χ3v) is 12.2. The number of halogens is 1. The number of hydrogen-bond acceptors (Lipinski definition) is 12. The molecule has 0 heterocycles. The summed E-state index contributed by atoms with van der Waals surface area (Å²) < 4.78 is 10.8. The van der Waals surface area contributed by atoms with Crippen molar-refractivity contribution in [1.29, 1.82) is 0 Å². The van der Waals surface area contributed by atoms with Crippen LogP contribution in [0, 0.1) is 0 Å². The summed E-state index contributed by atoms with van der Waals surface area (Å²) in [4.78, 5) is 33.8. The predicted octanol–water partition coefficient (Wildman–Crippen LogP) is 8.62. The molecule has 0 bridgehead atoms. The summed E-state index contributed by atoms with van der Waals surface area (Å²) in [6.45, 7) is 10.2. The zero-order chi connectivity index (χ0) is 52.1. The fourth-order valence-corrected chi connectivity index (χ4v) is 7.66. The minimum absolute atomic E-state index is 0. The number of aliphatic hydroxyl groups excluding tert-OH is 4. The quantitative estimate of drug-likeness (QED) is 0.00842. The molecule has 0 aliphatic heterocycles. The van der Waals surface area contributed by atoms with E-state index in [-0.39, 0.29) is 84.7 Å². The van der Waals surface area contributed by atoms with E-state index in [1.54, 1.807) is 0 Å². The predicted molar refractivity (Wildman–Crippen MR) is 284 cm³/mol. The van der Waals surface area contributed by atoms with Crippen molar-refractivity contribution in [2.24, 2.45) is 5.73 Å². The molecular formula is C55H112ClN2NaO11. The number of nitrogens with two attached hydrogens (primary N) is 1. The van der Waals surface area contributed by atoms with Gasteiger partial charge in [0.15, 0.2) is 0 Å². The van der Waals surface area contributed by atoms with Crippen molar-refractivity contribution in [2.45, 2.75) is 296 Å². The molecule has 0 unspecified atom stereocenters. The molecule has 70 heavy (non-hydrogen) atoms. The van der Waals surface area contributed by atoms with Crippen LogP contribution >= 0.6 is 11.6 Å². The van der Waals surface area contributed by atoms with E-state index >= 15 is 0 Å². The van der Waals surface area contributed by atoms with E-state index in [9.17, 15) is 24.9 Å². The molecule has 0 radical (unpaired) electrons. The monoisotopic (exact) mass is 1030 g/mol. The molecule has 0 spiro atoms. The summed E-state index contributed by atoms with van der Waals surface area (Å²) >= 11 is 5.26. The molecule has 0 saturated heterocycles. The van der Waals surface area contributed by atoms with Gasteiger partial charge in [-0.1, -0.05) is 220 Å². The summed E-state index contributed by atoms with van der Waals surface area (Å²) in [6.07, 6.45) is 43.9. The van der Waals surface area contributed by atoms with E-state index in [4.69, 9.17) is 42.0 Å². The maximum Gasteiger partial charge on any atom is 1.00 e. The van der Waals surface area contributed by atoms with E-state index in [2.05, 4.69) is 37.9 Å². The van der Waals surface area contributed by atoms with Crippen LogP contribution in [0.2, 0.25) is 0 Å². The molecule has 416 valence electrons. The van der Waals surface area contributed by atoms with Crippen molar-refractivity contribution in [1.82, 2.24) is 5.32 Å². The molecule has 0 saturated carbocycles. The first-order chi connectivity index (χ1) is 33.5. The third kappa shape index (κ3) is 76.5. The molecular weight excluding hydrogens is 923 g/mol. The molecule has 4 atom stereocenters. The average Bonchev–Trinajstić information content (AvgIpc) is 3.34. The van der Waals surface area contributed by atoms with Gasteiger partial charge >= 0.3 is 29.6 Å². The van der Waals surface area contributed by atoms with Gasteiger partial charge < -0.3 is 51.1 Å². The Hall–Kier alpha value is -0.420. The minimum Gasteiger partial charge on any atom is -0.662 e. The largest absolute Gasteiger partial charge is 1.00 e.